The van der Waals surface area contributed by atoms with E-state index in [1.54, 1.807) is 17.4 Å². The summed E-state index contributed by atoms with van der Waals surface area (Å²) in [5.41, 5.74) is 4.54. The van der Waals surface area contributed by atoms with Gasteiger partial charge in [-0.2, -0.15) is 0 Å². The summed E-state index contributed by atoms with van der Waals surface area (Å²) in [5, 5.41) is 3.41. The molecule has 1 unspecified atom stereocenters. The van der Waals surface area contributed by atoms with Gasteiger partial charge in [-0.15, -0.1) is 11.3 Å². The van der Waals surface area contributed by atoms with E-state index in [1.165, 1.54) is 6.07 Å². The first kappa shape index (κ1) is 13.1. The van der Waals surface area contributed by atoms with E-state index in [0.717, 1.165) is 22.3 Å². The molecular weight excluding hydrogens is 271 g/mol. The molecule has 2 aromatic carbocycles. The van der Waals surface area contributed by atoms with Crippen LogP contribution < -0.4 is 5.32 Å². The van der Waals surface area contributed by atoms with Crippen molar-refractivity contribution in [2.75, 3.05) is 5.32 Å². The van der Waals surface area contributed by atoms with Gasteiger partial charge in [0.1, 0.15) is 5.82 Å². The lowest BCUT2D eigenvalue weighted by atomic mass is 10.0. The van der Waals surface area contributed by atoms with Crippen molar-refractivity contribution in [3.63, 3.8) is 0 Å². The molecule has 0 aliphatic carbocycles. The van der Waals surface area contributed by atoms with E-state index in [4.69, 9.17) is 0 Å². The molecule has 0 aliphatic rings. The fourth-order valence-corrected chi connectivity index (χ4v) is 3.02. The molecule has 0 amide bonds. The highest BCUT2D eigenvalue weighted by molar-refractivity contribution is 7.16. The zero-order valence-electron chi connectivity index (χ0n) is 11.1. The number of hydrogen-bond acceptors (Lipinski definition) is 3. The van der Waals surface area contributed by atoms with Crippen LogP contribution in [0.2, 0.25) is 0 Å². The Morgan fingerprint density at radius 3 is 2.90 bits per heavy atom. The maximum atomic E-state index is 13.9. The molecule has 1 heterocycles. The second kappa shape index (κ2) is 5.59. The Balaban J connectivity index is 1.89. The third-order valence-electron chi connectivity index (χ3n) is 3.36. The Labute approximate surface area is 121 Å². The number of hydrogen-bond donors (Lipinski definition) is 1. The Morgan fingerprint density at radius 2 is 2.10 bits per heavy atom. The van der Waals surface area contributed by atoms with Gasteiger partial charge in [0, 0.05) is 11.3 Å². The highest BCUT2D eigenvalue weighted by atomic mass is 32.1. The maximum Gasteiger partial charge on any atom is 0.128 e. The van der Waals surface area contributed by atoms with Crippen LogP contribution in [0.4, 0.5) is 10.1 Å². The van der Waals surface area contributed by atoms with Gasteiger partial charge >= 0.3 is 0 Å². The molecule has 0 bridgehead atoms. The van der Waals surface area contributed by atoms with Crippen LogP contribution in [0.1, 0.15) is 24.9 Å². The summed E-state index contributed by atoms with van der Waals surface area (Å²) in [5.74, 6) is -0.161. The maximum absolute atomic E-state index is 13.9. The van der Waals surface area contributed by atoms with Crippen molar-refractivity contribution >= 4 is 27.2 Å². The molecule has 1 atom stereocenters. The summed E-state index contributed by atoms with van der Waals surface area (Å²) in [6, 6.07) is 12.9. The topological polar surface area (TPSA) is 24.9 Å². The fraction of sp³-hybridized carbons (Fsp3) is 0.188. The van der Waals surface area contributed by atoms with E-state index in [-0.39, 0.29) is 11.9 Å². The van der Waals surface area contributed by atoms with Crippen molar-refractivity contribution in [3.8, 4) is 0 Å². The molecule has 0 saturated heterocycles. The van der Waals surface area contributed by atoms with Gasteiger partial charge in [0.25, 0.3) is 0 Å². The van der Waals surface area contributed by atoms with Gasteiger partial charge in [-0.1, -0.05) is 25.1 Å². The monoisotopic (exact) mass is 286 g/mol. The Morgan fingerprint density at radius 1 is 1.25 bits per heavy atom. The van der Waals surface area contributed by atoms with Crippen molar-refractivity contribution in [3.05, 3.63) is 59.4 Å². The molecule has 0 aliphatic heterocycles. The van der Waals surface area contributed by atoms with Crippen molar-refractivity contribution in [1.29, 1.82) is 0 Å². The van der Waals surface area contributed by atoms with Crippen LogP contribution >= 0.6 is 11.3 Å². The number of nitrogens with one attached hydrogen (secondary N) is 1. The lowest BCUT2D eigenvalue weighted by Gasteiger charge is -2.19. The zero-order valence-corrected chi connectivity index (χ0v) is 12.0. The lowest BCUT2D eigenvalue weighted by Crippen LogP contribution is -2.11. The van der Waals surface area contributed by atoms with Gasteiger partial charge in [0.15, 0.2) is 0 Å². The molecule has 1 aromatic heterocycles. The summed E-state index contributed by atoms with van der Waals surface area (Å²) in [7, 11) is 0. The molecule has 2 nitrogen and oxygen atoms in total. The van der Waals surface area contributed by atoms with Gasteiger partial charge in [0.2, 0.25) is 0 Å². The lowest BCUT2D eigenvalue weighted by molar-refractivity contribution is 0.587. The summed E-state index contributed by atoms with van der Waals surface area (Å²) < 4.78 is 15.0. The van der Waals surface area contributed by atoms with E-state index in [2.05, 4.69) is 23.3 Å². The van der Waals surface area contributed by atoms with E-state index < -0.39 is 0 Å². The molecule has 102 valence electrons. The number of fused-ring (bicyclic) bond motifs is 1. The van der Waals surface area contributed by atoms with E-state index >= 15 is 0 Å². The summed E-state index contributed by atoms with van der Waals surface area (Å²) in [6.45, 7) is 2.05. The molecule has 0 spiro atoms. The van der Waals surface area contributed by atoms with Crippen LogP contribution in [0, 0.1) is 5.82 Å². The number of aromatic nitrogens is 1. The van der Waals surface area contributed by atoms with Gasteiger partial charge in [-0.25, -0.2) is 9.37 Å². The standard InChI is InChI=1S/C16H15FN2S/c1-2-14(12-5-3-4-6-13(12)17)19-11-7-8-15-16(9-11)20-10-18-15/h3-10,14,19H,2H2,1H3. The minimum Gasteiger partial charge on any atom is -0.378 e. The SMILES string of the molecule is CCC(Nc1ccc2ncsc2c1)c1ccccc1F. The molecular formula is C16H15FN2S. The number of benzene rings is 2. The quantitative estimate of drug-likeness (QED) is 0.730. The van der Waals surface area contributed by atoms with Crippen molar-refractivity contribution in [2.45, 2.75) is 19.4 Å². The minimum absolute atomic E-state index is 0.0263. The third-order valence-corrected chi connectivity index (χ3v) is 4.15. The van der Waals surface area contributed by atoms with E-state index in [9.17, 15) is 4.39 Å². The molecule has 3 aromatic rings. The molecule has 20 heavy (non-hydrogen) atoms. The number of nitrogens with zero attached hydrogens (tertiary/aromatic N) is 1. The molecule has 0 fully saturated rings. The normalized spacial score (nSPS) is 12.5. The van der Waals surface area contributed by atoms with Gasteiger partial charge in [-0.05, 0) is 30.7 Å². The highest BCUT2D eigenvalue weighted by Crippen LogP contribution is 2.27. The second-order valence-electron chi connectivity index (χ2n) is 4.66. The first-order valence-corrected chi connectivity index (χ1v) is 7.50. The molecule has 0 saturated carbocycles. The van der Waals surface area contributed by atoms with Gasteiger partial charge in [0.05, 0.1) is 21.8 Å². The van der Waals surface area contributed by atoms with Crippen LogP contribution in [-0.4, -0.2) is 4.98 Å². The average Bonchev–Trinajstić information content (AvgIpc) is 2.93. The highest BCUT2D eigenvalue weighted by Gasteiger charge is 2.13. The number of halogens is 1. The predicted octanol–water partition coefficient (Wildman–Crippen LogP) is 5.00. The van der Waals surface area contributed by atoms with Crippen LogP contribution in [0.5, 0.6) is 0 Å². The molecule has 4 heteroatoms. The summed E-state index contributed by atoms with van der Waals surface area (Å²) in [4.78, 5) is 4.26. The first-order valence-electron chi connectivity index (χ1n) is 6.62. The number of rotatable bonds is 4. The summed E-state index contributed by atoms with van der Waals surface area (Å²) in [6.07, 6.45) is 0.821. The fourth-order valence-electron chi connectivity index (χ4n) is 2.30. The molecule has 3 rings (SSSR count). The van der Waals surface area contributed by atoms with Crippen LogP contribution in [0.15, 0.2) is 48.0 Å². The number of thiazole rings is 1. The average molecular weight is 286 g/mol. The summed E-state index contributed by atoms with van der Waals surface area (Å²) >= 11 is 1.61. The number of anilines is 1. The minimum atomic E-state index is -0.161. The van der Waals surface area contributed by atoms with Gasteiger partial charge < -0.3 is 5.32 Å². The smallest absolute Gasteiger partial charge is 0.128 e. The van der Waals surface area contributed by atoms with Crippen LogP contribution in [-0.2, 0) is 0 Å². The largest absolute Gasteiger partial charge is 0.378 e. The van der Waals surface area contributed by atoms with E-state index in [0.29, 0.717) is 5.56 Å². The van der Waals surface area contributed by atoms with Crippen molar-refractivity contribution in [1.82, 2.24) is 4.98 Å². The molecule has 1 N–H and O–H groups in total. The van der Waals surface area contributed by atoms with Crippen LogP contribution in [0.3, 0.4) is 0 Å². The second-order valence-corrected chi connectivity index (χ2v) is 5.55. The Bertz CT molecular complexity index is 723. The third kappa shape index (κ3) is 2.51. The molecule has 0 radical (unpaired) electrons. The first-order chi connectivity index (χ1) is 9.78. The van der Waals surface area contributed by atoms with Crippen molar-refractivity contribution in [2.24, 2.45) is 0 Å². The Hall–Kier alpha value is -1.94. The van der Waals surface area contributed by atoms with E-state index in [1.807, 2.05) is 29.8 Å². The van der Waals surface area contributed by atoms with Crippen LogP contribution in [0.25, 0.3) is 10.2 Å². The predicted molar refractivity (Wildman–Crippen MR) is 82.7 cm³/mol. The zero-order chi connectivity index (χ0) is 13.9. The van der Waals surface area contributed by atoms with Crippen molar-refractivity contribution < 1.29 is 4.39 Å². The Kier molecular flexibility index (Phi) is 3.65. The van der Waals surface area contributed by atoms with Gasteiger partial charge in [-0.3, -0.25) is 0 Å².